The van der Waals surface area contributed by atoms with Crippen LogP contribution in [0.3, 0.4) is 0 Å². The van der Waals surface area contributed by atoms with Crippen LogP contribution < -0.4 is 0 Å². The van der Waals surface area contributed by atoms with Crippen LogP contribution in [0.25, 0.3) is 55.8 Å². The molecule has 0 N–H and O–H groups in total. The first kappa shape index (κ1) is 43.3. The molecule has 5 aromatic heterocycles. The maximum absolute atomic E-state index is 9.08. The van der Waals surface area contributed by atoms with Gasteiger partial charge in [-0.2, -0.15) is 0 Å². The van der Waals surface area contributed by atoms with Gasteiger partial charge in [-0.1, -0.05) is 162 Å². The van der Waals surface area contributed by atoms with Gasteiger partial charge in [0.25, 0.3) is 0 Å². The van der Waals surface area contributed by atoms with E-state index < -0.39 is 5.89 Å². The van der Waals surface area contributed by atoms with Gasteiger partial charge < -0.3 is 4.42 Å². The topological polar surface area (TPSA) is 64.7 Å². The van der Waals surface area contributed by atoms with E-state index in [-0.39, 0.29) is 16.2 Å². The smallest absolute Gasteiger partial charge is 0.227 e. The lowest BCUT2D eigenvalue weighted by Gasteiger charge is -2.33. The number of benzene rings is 4. The monoisotopic (exact) mass is 918 g/mol. The van der Waals surface area contributed by atoms with Gasteiger partial charge in [0.15, 0.2) is 0 Å². The van der Waals surface area contributed by atoms with Gasteiger partial charge in [0.1, 0.15) is 5.58 Å². The molecule has 0 spiro atoms. The van der Waals surface area contributed by atoms with Crippen LogP contribution in [0.2, 0.25) is 0 Å². The van der Waals surface area contributed by atoms with Gasteiger partial charge in [-0.15, -0.1) is 0 Å². The Labute approximate surface area is 415 Å². The van der Waals surface area contributed by atoms with Crippen molar-refractivity contribution in [2.75, 3.05) is 0 Å². The molecule has 350 valence electrons. The molecule has 5 nitrogen and oxygen atoms in total. The zero-order chi connectivity index (χ0) is 48.0. The molecule has 0 bridgehead atoms. The predicted molar refractivity (Wildman–Crippen MR) is 286 cm³/mol. The molecule has 0 saturated heterocycles. The van der Waals surface area contributed by atoms with Gasteiger partial charge in [0, 0.05) is 69.8 Å². The SMILES string of the molecule is [2H]C1(c2ccc3c(n2)oc2c(-c4ccc(C(C)(C)Cc5cc(CC6(c7ccc(-c8ccccc8)nc7)CCCC6)cc(CC6(c7ccc(-c8ccccc8)nc7)CCCC6)c5)cn4)cccc23)CCCC1. The van der Waals surface area contributed by atoms with E-state index in [1.807, 2.05) is 6.07 Å². The van der Waals surface area contributed by atoms with Crippen LogP contribution in [0.4, 0.5) is 0 Å². The fourth-order valence-electron chi connectivity index (χ4n) is 12.8. The van der Waals surface area contributed by atoms with E-state index in [1.165, 1.54) is 84.7 Å². The Balaban J connectivity index is 0.867. The van der Waals surface area contributed by atoms with Crippen LogP contribution in [-0.2, 0) is 35.5 Å². The Morgan fingerprint density at radius 2 is 1.10 bits per heavy atom. The molecule has 0 atom stereocenters. The van der Waals surface area contributed by atoms with Gasteiger partial charge in [-0.25, -0.2) is 4.98 Å². The van der Waals surface area contributed by atoms with E-state index in [2.05, 4.69) is 172 Å². The van der Waals surface area contributed by atoms with E-state index in [0.717, 1.165) is 101 Å². The summed E-state index contributed by atoms with van der Waals surface area (Å²) in [4.78, 5) is 20.2. The number of hydrogen-bond acceptors (Lipinski definition) is 5. The molecule has 3 saturated carbocycles. The highest BCUT2D eigenvalue weighted by molar-refractivity contribution is 6.08. The highest BCUT2D eigenvalue weighted by Crippen LogP contribution is 2.47. The lowest BCUT2D eigenvalue weighted by molar-refractivity contribution is 0.430. The largest absolute Gasteiger partial charge is 0.437 e. The maximum Gasteiger partial charge on any atom is 0.227 e. The second-order valence-corrected chi connectivity index (χ2v) is 21.7. The van der Waals surface area contributed by atoms with Crippen molar-refractivity contribution in [3.05, 3.63) is 203 Å². The number of furan rings is 1. The summed E-state index contributed by atoms with van der Waals surface area (Å²) in [6, 6.07) is 52.9. The van der Waals surface area contributed by atoms with Crippen LogP contribution >= 0.6 is 0 Å². The molecule has 4 aromatic carbocycles. The lowest BCUT2D eigenvalue weighted by atomic mass is 9.72. The van der Waals surface area contributed by atoms with Crippen LogP contribution in [0.5, 0.6) is 0 Å². The van der Waals surface area contributed by atoms with E-state index in [9.17, 15) is 0 Å². The first-order chi connectivity index (χ1) is 34.6. The number of para-hydroxylation sites is 1. The first-order valence-corrected chi connectivity index (χ1v) is 26.1. The second kappa shape index (κ2) is 18.6. The van der Waals surface area contributed by atoms with E-state index >= 15 is 0 Å². The van der Waals surface area contributed by atoms with E-state index in [0.29, 0.717) is 5.71 Å². The lowest BCUT2D eigenvalue weighted by Crippen LogP contribution is -2.27. The molecule has 3 fully saturated rings. The standard InChI is InChI=1S/C65H64N4O/c1-63(2,51-24-30-60(68-42-51)56-23-15-22-54-55-27-31-59(50-20-9-10-21-50)69-62(55)70-61(54)56)39-45-36-46(40-64(32-11-12-33-64)52-25-28-57(66-43-52)48-16-5-3-6-17-48)38-47(37-45)41-65(34-13-14-35-65)53-26-29-58(67-44-53)49-18-7-4-8-19-49/h3-8,15-19,22-31,36-38,42-44,50H,9-14,20-21,32-35,39-41H2,1-2H3/i50D. The van der Waals surface area contributed by atoms with Crippen LogP contribution in [0.1, 0.15) is 137 Å². The highest BCUT2D eigenvalue weighted by atomic mass is 16.3. The minimum Gasteiger partial charge on any atom is -0.437 e. The molecule has 0 radical (unpaired) electrons. The van der Waals surface area contributed by atoms with E-state index in [4.69, 9.17) is 25.7 Å². The van der Waals surface area contributed by atoms with Crippen molar-refractivity contribution in [3.63, 3.8) is 0 Å². The average molecular weight is 918 g/mol. The number of rotatable bonds is 13. The summed E-state index contributed by atoms with van der Waals surface area (Å²) in [5, 5.41) is 2.02. The number of aromatic nitrogens is 4. The summed E-state index contributed by atoms with van der Waals surface area (Å²) in [6.07, 6.45) is 22.9. The first-order valence-electron chi connectivity index (χ1n) is 26.6. The summed E-state index contributed by atoms with van der Waals surface area (Å²) < 4.78 is 15.6. The number of hydrogen-bond donors (Lipinski definition) is 0. The fourth-order valence-corrected chi connectivity index (χ4v) is 12.8. The van der Waals surface area contributed by atoms with Crippen LogP contribution in [0.15, 0.2) is 169 Å². The number of nitrogens with zero attached hydrogens (tertiary/aromatic N) is 4. The molecule has 70 heavy (non-hydrogen) atoms. The summed E-state index contributed by atoms with van der Waals surface area (Å²) in [5.41, 5.74) is 16.6. The number of pyridine rings is 4. The normalized spacial score (nSPS) is 17.6. The molecule has 0 amide bonds. The zero-order valence-corrected chi connectivity index (χ0v) is 40.9. The molecule has 0 aliphatic heterocycles. The third-order valence-electron chi connectivity index (χ3n) is 16.6. The Kier molecular flexibility index (Phi) is 11.5. The van der Waals surface area contributed by atoms with Crippen molar-refractivity contribution in [3.8, 4) is 33.8 Å². The van der Waals surface area contributed by atoms with Gasteiger partial charge >= 0.3 is 0 Å². The zero-order valence-electron chi connectivity index (χ0n) is 41.9. The summed E-state index contributed by atoms with van der Waals surface area (Å²) in [5.74, 6) is -0.624. The van der Waals surface area contributed by atoms with Crippen LogP contribution in [0, 0.1) is 0 Å². The molecular formula is C65H64N4O. The Bertz CT molecular complexity index is 3180. The van der Waals surface area contributed by atoms with Gasteiger partial charge in [0.2, 0.25) is 5.71 Å². The van der Waals surface area contributed by atoms with Crippen molar-refractivity contribution in [2.24, 2.45) is 0 Å². The van der Waals surface area contributed by atoms with Gasteiger partial charge in [0.05, 0.1) is 17.1 Å². The van der Waals surface area contributed by atoms with Crippen molar-refractivity contribution in [2.45, 2.75) is 132 Å². The Morgan fingerprint density at radius 1 is 0.543 bits per heavy atom. The molecule has 0 unspecified atom stereocenters. The molecule has 12 rings (SSSR count). The molecule has 5 heterocycles. The van der Waals surface area contributed by atoms with Crippen molar-refractivity contribution in [1.29, 1.82) is 0 Å². The third-order valence-corrected chi connectivity index (χ3v) is 16.6. The third kappa shape index (κ3) is 8.67. The van der Waals surface area contributed by atoms with E-state index in [1.54, 1.807) is 0 Å². The Morgan fingerprint density at radius 3 is 1.64 bits per heavy atom. The Hall–Kier alpha value is -6.72. The minimum atomic E-state index is -0.624. The van der Waals surface area contributed by atoms with Crippen molar-refractivity contribution >= 4 is 22.1 Å². The molecule has 3 aliphatic rings. The average Bonchev–Trinajstić information content (AvgIpc) is 4.25. The summed E-state index contributed by atoms with van der Waals surface area (Å²) in [7, 11) is 0. The minimum absolute atomic E-state index is 0.0520. The molecule has 3 aliphatic carbocycles. The highest BCUT2D eigenvalue weighted by Gasteiger charge is 2.39. The van der Waals surface area contributed by atoms with Gasteiger partial charge in [-0.05, 0) is 133 Å². The number of fused-ring (bicyclic) bond motifs is 3. The molecule has 9 aromatic rings. The summed E-state index contributed by atoms with van der Waals surface area (Å²) in [6.45, 7) is 4.75. The fraction of sp³-hybridized carbons (Fsp3) is 0.323. The van der Waals surface area contributed by atoms with Gasteiger partial charge in [-0.3, -0.25) is 15.0 Å². The van der Waals surface area contributed by atoms with Crippen molar-refractivity contribution in [1.82, 2.24) is 19.9 Å². The van der Waals surface area contributed by atoms with Crippen LogP contribution in [-0.4, -0.2) is 19.9 Å². The molecular weight excluding hydrogens is 853 g/mol. The predicted octanol–water partition coefficient (Wildman–Crippen LogP) is 16.5. The summed E-state index contributed by atoms with van der Waals surface area (Å²) >= 11 is 0. The quantitative estimate of drug-likeness (QED) is 0.115. The van der Waals surface area contributed by atoms with Crippen molar-refractivity contribution < 1.29 is 5.79 Å². The maximum atomic E-state index is 9.08. The molecule has 5 heteroatoms. The second-order valence-electron chi connectivity index (χ2n) is 21.7.